The summed E-state index contributed by atoms with van der Waals surface area (Å²) in [5, 5.41) is 3.28. The molecule has 0 unspecified atom stereocenters. The van der Waals surface area contributed by atoms with Crippen LogP contribution in [0.1, 0.15) is 32.8 Å². The fourth-order valence-electron chi connectivity index (χ4n) is 1.20. The van der Waals surface area contributed by atoms with E-state index in [2.05, 4.69) is 36.1 Å². The summed E-state index contributed by atoms with van der Waals surface area (Å²) in [5.41, 5.74) is 6.94. The number of nitrogens with two attached hydrogens (primary N) is 1. The highest BCUT2D eigenvalue weighted by atomic mass is 15.0. The van der Waals surface area contributed by atoms with Gasteiger partial charge in [-0.15, -0.1) is 0 Å². The van der Waals surface area contributed by atoms with Gasteiger partial charge in [0.2, 0.25) is 0 Å². The van der Waals surface area contributed by atoms with Crippen molar-refractivity contribution in [2.75, 3.05) is 17.6 Å². The van der Waals surface area contributed by atoms with Crippen molar-refractivity contribution in [2.45, 2.75) is 34.1 Å². The smallest absolute Gasteiger partial charge is 0.134 e. The van der Waals surface area contributed by atoms with Crippen LogP contribution in [0.4, 0.5) is 11.6 Å². The van der Waals surface area contributed by atoms with Gasteiger partial charge in [-0.2, -0.15) is 0 Å². The average Bonchev–Trinajstić information content (AvgIpc) is 2.10. The maximum atomic E-state index is 5.69. The second kappa shape index (κ2) is 4.47. The van der Waals surface area contributed by atoms with Gasteiger partial charge >= 0.3 is 0 Å². The van der Waals surface area contributed by atoms with E-state index in [1.165, 1.54) is 6.33 Å². The number of nitrogen functional groups attached to an aromatic ring is 1. The van der Waals surface area contributed by atoms with Crippen LogP contribution in [0.25, 0.3) is 0 Å². The Morgan fingerprint density at radius 2 is 2.00 bits per heavy atom. The molecule has 0 radical (unpaired) electrons. The van der Waals surface area contributed by atoms with E-state index in [1.807, 2.05) is 6.92 Å². The van der Waals surface area contributed by atoms with Gasteiger partial charge in [-0.3, -0.25) is 0 Å². The summed E-state index contributed by atoms with van der Waals surface area (Å²) in [7, 11) is 0. The summed E-state index contributed by atoms with van der Waals surface area (Å²) >= 11 is 0. The first kappa shape index (κ1) is 11.8. The van der Waals surface area contributed by atoms with Gasteiger partial charge in [0.25, 0.3) is 0 Å². The highest BCUT2D eigenvalue weighted by Gasteiger charge is 2.10. The summed E-state index contributed by atoms with van der Waals surface area (Å²) in [6.07, 6.45) is 2.58. The van der Waals surface area contributed by atoms with Gasteiger partial charge in [0.05, 0.1) is 0 Å². The molecule has 0 amide bonds. The van der Waals surface area contributed by atoms with Crippen molar-refractivity contribution in [2.24, 2.45) is 5.41 Å². The van der Waals surface area contributed by atoms with Crippen LogP contribution in [0.2, 0.25) is 0 Å². The predicted molar refractivity (Wildman–Crippen MR) is 63.7 cm³/mol. The first-order chi connectivity index (χ1) is 6.90. The normalized spacial score (nSPS) is 11.5. The zero-order chi connectivity index (χ0) is 11.5. The van der Waals surface area contributed by atoms with Crippen LogP contribution in [0.5, 0.6) is 0 Å². The Balaban J connectivity index is 2.55. The van der Waals surface area contributed by atoms with E-state index in [4.69, 9.17) is 5.73 Å². The van der Waals surface area contributed by atoms with E-state index in [0.717, 1.165) is 24.3 Å². The highest BCUT2D eigenvalue weighted by molar-refractivity contribution is 5.53. The number of rotatable bonds is 3. The molecule has 0 aromatic carbocycles. The van der Waals surface area contributed by atoms with E-state index < -0.39 is 0 Å². The van der Waals surface area contributed by atoms with Crippen molar-refractivity contribution in [1.29, 1.82) is 0 Å². The molecule has 0 saturated heterocycles. The summed E-state index contributed by atoms with van der Waals surface area (Å²) in [6.45, 7) is 9.48. The zero-order valence-corrected chi connectivity index (χ0v) is 9.96. The Morgan fingerprint density at radius 3 is 2.60 bits per heavy atom. The minimum atomic E-state index is 0.333. The highest BCUT2D eigenvalue weighted by Crippen LogP contribution is 2.19. The largest absolute Gasteiger partial charge is 0.383 e. The second-order valence-electron chi connectivity index (χ2n) is 4.97. The number of nitrogens with one attached hydrogen (secondary N) is 1. The molecule has 0 atom stereocenters. The van der Waals surface area contributed by atoms with Crippen molar-refractivity contribution in [3.05, 3.63) is 11.9 Å². The molecule has 1 aromatic heterocycles. The molecule has 0 aliphatic rings. The SMILES string of the molecule is Cc1c(N)ncnc1NCCC(C)(C)C. The first-order valence-electron chi connectivity index (χ1n) is 5.21. The predicted octanol–water partition coefficient (Wildman–Crippen LogP) is 2.22. The van der Waals surface area contributed by atoms with Crippen molar-refractivity contribution in [3.8, 4) is 0 Å². The molecule has 0 aliphatic carbocycles. The van der Waals surface area contributed by atoms with Crippen molar-refractivity contribution < 1.29 is 0 Å². The molecule has 4 heteroatoms. The quantitative estimate of drug-likeness (QED) is 0.799. The Kier molecular flexibility index (Phi) is 3.50. The van der Waals surface area contributed by atoms with Crippen molar-refractivity contribution in [3.63, 3.8) is 0 Å². The summed E-state index contributed by atoms with van der Waals surface area (Å²) in [4.78, 5) is 8.08. The second-order valence-corrected chi connectivity index (χ2v) is 4.97. The lowest BCUT2D eigenvalue weighted by molar-refractivity contribution is 0.389. The van der Waals surface area contributed by atoms with E-state index in [-0.39, 0.29) is 0 Å². The average molecular weight is 208 g/mol. The van der Waals surface area contributed by atoms with E-state index in [9.17, 15) is 0 Å². The van der Waals surface area contributed by atoms with E-state index >= 15 is 0 Å². The maximum absolute atomic E-state index is 5.69. The number of hydrogen-bond donors (Lipinski definition) is 2. The van der Waals surface area contributed by atoms with Gasteiger partial charge in [-0.1, -0.05) is 20.8 Å². The fraction of sp³-hybridized carbons (Fsp3) is 0.636. The molecular formula is C11H20N4. The number of hydrogen-bond acceptors (Lipinski definition) is 4. The lowest BCUT2D eigenvalue weighted by Gasteiger charge is -2.18. The van der Waals surface area contributed by atoms with Crippen LogP contribution in [0.15, 0.2) is 6.33 Å². The first-order valence-corrected chi connectivity index (χ1v) is 5.21. The molecule has 0 fully saturated rings. The van der Waals surface area contributed by atoms with E-state index in [0.29, 0.717) is 11.2 Å². The fourth-order valence-corrected chi connectivity index (χ4v) is 1.20. The van der Waals surface area contributed by atoms with Crippen LogP contribution in [-0.2, 0) is 0 Å². The summed E-state index contributed by atoms with van der Waals surface area (Å²) < 4.78 is 0. The van der Waals surface area contributed by atoms with Gasteiger partial charge in [0.15, 0.2) is 0 Å². The van der Waals surface area contributed by atoms with Crippen LogP contribution < -0.4 is 11.1 Å². The molecule has 0 saturated carbocycles. The number of nitrogens with zero attached hydrogens (tertiary/aromatic N) is 2. The molecule has 15 heavy (non-hydrogen) atoms. The molecule has 3 N–H and O–H groups in total. The minimum absolute atomic E-state index is 0.333. The molecule has 4 nitrogen and oxygen atoms in total. The molecule has 1 heterocycles. The molecule has 84 valence electrons. The standard InChI is InChI=1S/C11H20N4/c1-8-9(12)14-7-15-10(8)13-6-5-11(2,3)4/h7H,5-6H2,1-4H3,(H3,12,13,14,15). The molecular weight excluding hydrogens is 188 g/mol. The molecule has 1 aromatic rings. The summed E-state index contributed by atoms with van der Waals surface area (Å²) in [5.74, 6) is 1.38. The lowest BCUT2D eigenvalue weighted by Crippen LogP contribution is -2.14. The van der Waals surface area contributed by atoms with Crippen LogP contribution in [0.3, 0.4) is 0 Å². The third-order valence-corrected chi connectivity index (χ3v) is 2.29. The molecule has 0 spiro atoms. The Morgan fingerprint density at radius 1 is 1.33 bits per heavy atom. The Labute approximate surface area is 91.3 Å². The van der Waals surface area contributed by atoms with Gasteiger partial charge in [0.1, 0.15) is 18.0 Å². The molecule has 0 bridgehead atoms. The Hall–Kier alpha value is -1.32. The maximum Gasteiger partial charge on any atom is 0.134 e. The van der Waals surface area contributed by atoms with Crippen LogP contribution in [-0.4, -0.2) is 16.5 Å². The topological polar surface area (TPSA) is 63.8 Å². The third-order valence-electron chi connectivity index (χ3n) is 2.29. The van der Waals surface area contributed by atoms with Crippen LogP contribution in [0, 0.1) is 12.3 Å². The monoisotopic (exact) mass is 208 g/mol. The summed E-state index contributed by atoms with van der Waals surface area (Å²) in [6, 6.07) is 0. The van der Waals surface area contributed by atoms with Gasteiger partial charge in [-0.05, 0) is 18.8 Å². The van der Waals surface area contributed by atoms with Gasteiger partial charge in [-0.25, -0.2) is 9.97 Å². The van der Waals surface area contributed by atoms with Gasteiger partial charge < -0.3 is 11.1 Å². The molecule has 1 rings (SSSR count). The lowest BCUT2D eigenvalue weighted by atomic mass is 9.92. The minimum Gasteiger partial charge on any atom is -0.383 e. The molecule has 0 aliphatic heterocycles. The third kappa shape index (κ3) is 3.73. The zero-order valence-electron chi connectivity index (χ0n) is 9.96. The number of anilines is 2. The van der Waals surface area contributed by atoms with Crippen molar-refractivity contribution in [1.82, 2.24) is 9.97 Å². The van der Waals surface area contributed by atoms with Gasteiger partial charge in [0, 0.05) is 12.1 Å². The van der Waals surface area contributed by atoms with E-state index in [1.54, 1.807) is 0 Å². The van der Waals surface area contributed by atoms with Crippen LogP contribution >= 0.6 is 0 Å². The number of aromatic nitrogens is 2. The van der Waals surface area contributed by atoms with Crippen molar-refractivity contribution >= 4 is 11.6 Å². The Bertz CT molecular complexity index is 328.